The lowest BCUT2D eigenvalue weighted by molar-refractivity contribution is -0.114. The zero-order valence-electron chi connectivity index (χ0n) is 15.1. The van der Waals surface area contributed by atoms with E-state index in [1.165, 1.54) is 0 Å². The fraction of sp³-hybridized carbons (Fsp3) is 0.300. The molecule has 2 heterocycles. The number of fused-ring (bicyclic) bond motifs is 1. The largest absolute Gasteiger partial charge is 0.497 e. The summed E-state index contributed by atoms with van der Waals surface area (Å²) >= 11 is 0. The van der Waals surface area contributed by atoms with Crippen LogP contribution in [-0.4, -0.2) is 49.5 Å². The summed E-state index contributed by atoms with van der Waals surface area (Å²) in [5, 5.41) is 5.82. The molecule has 1 saturated heterocycles. The van der Waals surface area contributed by atoms with Gasteiger partial charge in [-0.25, -0.2) is 0 Å². The number of nitrogens with one attached hydrogen (secondary N) is 2. The summed E-state index contributed by atoms with van der Waals surface area (Å²) in [4.78, 5) is 26.3. The molecule has 0 aliphatic carbocycles. The molecule has 0 radical (unpaired) electrons. The van der Waals surface area contributed by atoms with Crippen molar-refractivity contribution >= 4 is 23.2 Å². The maximum absolute atomic E-state index is 13.0. The minimum atomic E-state index is -0.139. The molecule has 1 fully saturated rings. The molecule has 4 rings (SSSR count). The second-order valence-corrected chi connectivity index (χ2v) is 6.92. The monoisotopic (exact) mass is 366 g/mol. The fourth-order valence-electron chi connectivity index (χ4n) is 3.71. The van der Waals surface area contributed by atoms with Crippen LogP contribution in [0.25, 0.3) is 0 Å². The van der Waals surface area contributed by atoms with Crippen molar-refractivity contribution < 1.29 is 14.3 Å². The van der Waals surface area contributed by atoms with Crippen LogP contribution in [0.15, 0.2) is 42.5 Å². The zero-order valence-corrected chi connectivity index (χ0v) is 15.1. The Balaban J connectivity index is 1.53. The summed E-state index contributed by atoms with van der Waals surface area (Å²) in [6.45, 7) is 1.28. The number of nitrogens with zero attached hydrogens (tertiary/aromatic N) is 1. The highest BCUT2D eigenvalue weighted by molar-refractivity contribution is 6.03. The molecule has 0 bridgehead atoms. The van der Waals surface area contributed by atoms with Gasteiger partial charge in [0, 0.05) is 30.6 Å². The van der Waals surface area contributed by atoms with Crippen LogP contribution in [0, 0.1) is 0 Å². The van der Waals surface area contributed by atoms with E-state index < -0.39 is 0 Å². The highest BCUT2D eigenvalue weighted by atomic mass is 16.5. The molecule has 27 heavy (non-hydrogen) atoms. The Bertz CT molecular complexity index is 899. The smallest absolute Gasteiger partial charge is 0.254 e. The normalized spacial score (nSPS) is 21.3. The molecule has 2 atom stereocenters. The van der Waals surface area contributed by atoms with Gasteiger partial charge in [-0.15, -0.1) is 0 Å². The van der Waals surface area contributed by atoms with Gasteiger partial charge in [-0.2, -0.15) is 0 Å². The quantitative estimate of drug-likeness (QED) is 0.767. The van der Waals surface area contributed by atoms with Gasteiger partial charge in [0.15, 0.2) is 0 Å². The van der Waals surface area contributed by atoms with Crippen LogP contribution in [-0.2, 0) is 4.79 Å². The Morgan fingerprint density at radius 1 is 1.19 bits per heavy atom. The first-order valence-corrected chi connectivity index (χ1v) is 8.92. The molecular formula is C20H22N4O3. The number of anilines is 2. The van der Waals surface area contributed by atoms with E-state index >= 15 is 0 Å². The number of ether oxygens (including phenoxy) is 1. The number of hydrogen-bond acceptors (Lipinski definition) is 5. The predicted molar refractivity (Wildman–Crippen MR) is 103 cm³/mol. The second kappa shape index (κ2) is 6.92. The summed E-state index contributed by atoms with van der Waals surface area (Å²) in [7, 11) is 1.63. The summed E-state index contributed by atoms with van der Waals surface area (Å²) in [5.74, 6) is 0.636. The molecule has 0 aromatic heterocycles. The van der Waals surface area contributed by atoms with Crippen molar-refractivity contribution in [2.45, 2.75) is 12.0 Å². The number of carbonyl (C=O) groups excluding carboxylic acids is 2. The van der Waals surface area contributed by atoms with Gasteiger partial charge in [-0.1, -0.05) is 12.1 Å². The van der Waals surface area contributed by atoms with E-state index in [1.54, 1.807) is 24.1 Å². The van der Waals surface area contributed by atoms with Gasteiger partial charge < -0.3 is 26.0 Å². The molecule has 2 aliphatic rings. The fourth-order valence-corrected chi connectivity index (χ4v) is 3.71. The number of likely N-dealkylation sites (tertiary alicyclic amines) is 1. The number of hydrogen-bond donors (Lipinski definition) is 3. The molecule has 2 aromatic rings. The van der Waals surface area contributed by atoms with Crippen LogP contribution in [0.4, 0.5) is 11.4 Å². The molecule has 140 valence electrons. The van der Waals surface area contributed by atoms with Gasteiger partial charge in [0.2, 0.25) is 5.91 Å². The van der Waals surface area contributed by atoms with Crippen molar-refractivity contribution in [3.63, 3.8) is 0 Å². The highest BCUT2D eigenvalue weighted by Gasteiger charge is 2.34. The lowest BCUT2D eigenvalue weighted by Crippen LogP contribution is -2.32. The van der Waals surface area contributed by atoms with Gasteiger partial charge in [-0.05, 0) is 35.9 Å². The third-order valence-electron chi connectivity index (χ3n) is 5.15. The SMILES string of the molecule is COc1cccc(C2CN(C(=O)c3ccc4c(c3)NC(=O)CN4)CC2N)c1. The van der Waals surface area contributed by atoms with Crippen molar-refractivity contribution in [1.82, 2.24) is 4.90 Å². The standard InChI is InChI=1S/C20H22N4O3/c1-27-14-4-2-3-12(7-14)15-10-24(11-16(15)21)20(26)13-5-6-17-18(8-13)23-19(25)9-22-17/h2-8,15-16,22H,9-11,21H2,1H3,(H,23,25). The number of benzene rings is 2. The van der Waals surface area contributed by atoms with Crippen molar-refractivity contribution in [2.75, 3.05) is 37.4 Å². The number of rotatable bonds is 3. The lowest BCUT2D eigenvalue weighted by Gasteiger charge is -2.21. The summed E-state index contributed by atoms with van der Waals surface area (Å²) in [6.07, 6.45) is 0. The molecule has 2 unspecified atom stereocenters. The van der Waals surface area contributed by atoms with Crippen molar-refractivity contribution in [1.29, 1.82) is 0 Å². The van der Waals surface area contributed by atoms with Crippen molar-refractivity contribution in [2.24, 2.45) is 5.73 Å². The topological polar surface area (TPSA) is 96.7 Å². The van der Waals surface area contributed by atoms with E-state index in [9.17, 15) is 9.59 Å². The van der Waals surface area contributed by atoms with Gasteiger partial charge >= 0.3 is 0 Å². The Kier molecular flexibility index (Phi) is 4.45. The van der Waals surface area contributed by atoms with Crippen LogP contribution >= 0.6 is 0 Å². The Labute approximate surface area is 157 Å². The first-order chi connectivity index (χ1) is 13.0. The molecule has 7 nitrogen and oxygen atoms in total. The molecule has 2 aliphatic heterocycles. The van der Waals surface area contributed by atoms with Crippen LogP contribution in [0.1, 0.15) is 21.8 Å². The van der Waals surface area contributed by atoms with E-state index in [0.717, 1.165) is 17.0 Å². The summed E-state index contributed by atoms with van der Waals surface area (Å²) < 4.78 is 5.29. The average molecular weight is 366 g/mol. The Morgan fingerprint density at radius 3 is 2.85 bits per heavy atom. The minimum absolute atomic E-state index is 0.0584. The maximum atomic E-state index is 13.0. The highest BCUT2D eigenvalue weighted by Crippen LogP contribution is 2.31. The van der Waals surface area contributed by atoms with Gasteiger partial charge in [0.25, 0.3) is 5.91 Å². The van der Waals surface area contributed by atoms with Crippen LogP contribution in [0.5, 0.6) is 5.75 Å². The zero-order chi connectivity index (χ0) is 19.0. The third-order valence-corrected chi connectivity index (χ3v) is 5.15. The number of methoxy groups -OCH3 is 1. The molecule has 0 spiro atoms. The second-order valence-electron chi connectivity index (χ2n) is 6.92. The molecule has 2 amide bonds. The van der Waals surface area contributed by atoms with Crippen LogP contribution < -0.4 is 21.1 Å². The predicted octanol–water partition coefficient (Wildman–Crippen LogP) is 1.63. The molecule has 7 heteroatoms. The van der Waals surface area contributed by atoms with Crippen molar-refractivity contribution in [3.8, 4) is 5.75 Å². The van der Waals surface area contributed by atoms with Gasteiger partial charge in [0.1, 0.15) is 5.75 Å². The summed E-state index contributed by atoms with van der Waals surface area (Å²) in [5.41, 5.74) is 9.39. The van der Waals surface area contributed by atoms with Gasteiger partial charge in [0.05, 0.1) is 25.0 Å². The number of amides is 2. The van der Waals surface area contributed by atoms with E-state index in [1.807, 2.05) is 30.3 Å². The minimum Gasteiger partial charge on any atom is -0.497 e. The van der Waals surface area contributed by atoms with Crippen LogP contribution in [0.3, 0.4) is 0 Å². The molecule has 0 saturated carbocycles. The van der Waals surface area contributed by atoms with Crippen molar-refractivity contribution in [3.05, 3.63) is 53.6 Å². The lowest BCUT2D eigenvalue weighted by atomic mass is 9.95. The Hall–Kier alpha value is -3.06. The van der Waals surface area contributed by atoms with E-state index in [-0.39, 0.29) is 30.3 Å². The van der Waals surface area contributed by atoms with E-state index in [4.69, 9.17) is 10.5 Å². The molecular weight excluding hydrogens is 344 g/mol. The van der Waals surface area contributed by atoms with Crippen LogP contribution in [0.2, 0.25) is 0 Å². The Morgan fingerprint density at radius 2 is 2.04 bits per heavy atom. The molecule has 2 aromatic carbocycles. The number of carbonyl (C=O) groups is 2. The third kappa shape index (κ3) is 3.33. The maximum Gasteiger partial charge on any atom is 0.254 e. The first-order valence-electron chi connectivity index (χ1n) is 8.92. The van der Waals surface area contributed by atoms with E-state index in [2.05, 4.69) is 10.6 Å². The van der Waals surface area contributed by atoms with E-state index in [0.29, 0.717) is 24.3 Å². The molecule has 4 N–H and O–H groups in total. The van der Waals surface area contributed by atoms with Gasteiger partial charge in [-0.3, -0.25) is 9.59 Å². The average Bonchev–Trinajstić information content (AvgIpc) is 3.08. The first kappa shape index (κ1) is 17.4. The summed E-state index contributed by atoms with van der Waals surface area (Å²) in [6, 6.07) is 13.0. The number of nitrogens with two attached hydrogens (primary N) is 1.